The van der Waals surface area contributed by atoms with E-state index >= 15 is 0 Å². The average molecular weight is 372 g/mol. The summed E-state index contributed by atoms with van der Waals surface area (Å²) >= 11 is 1.35. The molecule has 2 heterocycles. The number of aromatic nitrogens is 3. The number of amides is 1. The van der Waals surface area contributed by atoms with E-state index in [1.54, 1.807) is 31.4 Å². The highest BCUT2D eigenvalue weighted by atomic mass is 32.2. The van der Waals surface area contributed by atoms with Crippen LogP contribution in [-0.2, 0) is 18.4 Å². The number of thioether (sulfide) groups is 1. The van der Waals surface area contributed by atoms with Crippen LogP contribution in [0.3, 0.4) is 0 Å². The second-order valence-corrected chi connectivity index (χ2v) is 6.68. The number of methoxy groups -OCH3 is 1. The second-order valence-electron chi connectivity index (χ2n) is 5.73. The smallest absolute Gasteiger partial charge is 0.233 e. The van der Waals surface area contributed by atoms with Crippen LogP contribution in [0.5, 0.6) is 5.75 Å². The zero-order chi connectivity index (χ0) is 18.5. The molecule has 0 spiro atoms. The number of carbonyl (C=O) groups excluding carboxylic acids is 1. The van der Waals surface area contributed by atoms with E-state index in [1.807, 2.05) is 41.9 Å². The molecule has 0 radical (unpaired) electrons. The summed E-state index contributed by atoms with van der Waals surface area (Å²) in [5.74, 6) is 2.36. The molecule has 0 aliphatic rings. The van der Waals surface area contributed by atoms with Gasteiger partial charge >= 0.3 is 0 Å². The molecule has 0 aliphatic carbocycles. The van der Waals surface area contributed by atoms with Crippen molar-refractivity contribution in [3.8, 4) is 17.3 Å². The van der Waals surface area contributed by atoms with Gasteiger partial charge in [-0.05, 0) is 29.8 Å². The van der Waals surface area contributed by atoms with Gasteiger partial charge in [-0.1, -0.05) is 23.9 Å². The van der Waals surface area contributed by atoms with Crippen molar-refractivity contribution in [2.24, 2.45) is 7.05 Å². The van der Waals surface area contributed by atoms with E-state index in [0.717, 1.165) is 11.3 Å². The summed E-state index contributed by atoms with van der Waals surface area (Å²) in [6.45, 7) is 0.521. The minimum Gasteiger partial charge on any atom is -0.497 e. The van der Waals surface area contributed by atoms with E-state index in [2.05, 4.69) is 10.2 Å². The first-order valence-corrected chi connectivity index (χ1v) is 9.00. The van der Waals surface area contributed by atoms with Crippen LogP contribution in [0.2, 0.25) is 0 Å². The van der Waals surface area contributed by atoms with Crippen LogP contribution in [0.15, 0.2) is 52.2 Å². The largest absolute Gasteiger partial charge is 0.497 e. The number of furan rings is 1. The molecule has 3 aromatic rings. The van der Waals surface area contributed by atoms with Crippen LogP contribution in [-0.4, -0.2) is 45.5 Å². The molecule has 0 saturated heterocycles. The Labute approximate surface area is 156 Å². The molecular formula is C18H20N4O3S. The monoisotopic (exact) mass is 372 g/mol. The molecule has 136 valence electrons. The van der Waals surface area contributed by atoms with E-state index in [-0.39, 0.29) is 11.7 Å². The van der Waals surface area contributed by atoms with Crippen LogP contribution in [0, 0.1) is 0 Å². The molecule has 8 heteroatoms. The minimum absolute atomic E-state index is 0.0142. The molecule has 1 aromatic carbocycles. The molecule has 0 unspecified atom stereocenters. The Morgan fingerprint density at radius 2 is 2.15 bits per heavy atom. The lowest BCUT2D eigenvalue weighted by Gasteiger charge is -2.17. The van der Waals surface area contributed by atoms with E-state index in [1.165, 1.54) is 11.8 Å². The Bertz CT molecular complexity index is 876. The number of nitrogens with zero attached hydrogens (tertiary/aromatic N) is 4. The molecule has 0 N–H and O–H groups in total. The van der Waals surface area contributed by atoms with E-state index in [4.69, 9.17) is 9.15 Å². The zero-order valence-electron chi connectivity index (χ0n) is 14.9. The quantitative estimate of drug-likeness (QED) is 0.594. The number of ether oxygens (including phenoxy) is 1. The summed E-state index contributed by atoms with van der Waals surface area (Å²) in [4.78, 5) is 14.1. The van der Waals surface area contributed by atoms with Crippen LogP contribution in [0.25, 0.3) is 11.6 Å². The van der Waals surface area contributed by atoms with Gasteiger partial charge < -0.3 is 18.6 Å². The standard InChI is InChI=1S/C18H20N4O3S/c1-21(11-13-6-4-7-14(10-13)24-3)16(23)12-26-18-20-19-17(22(18)2)15-8-5-9-25-15/h4-10H,11-12H2,1-3H3. The van der Waals surface area contributed by atoms with Crippen LogP contribution in [0.1, 0.15) is 5.56 Å². The molecule has 1 amide bonds. The lowest BCUT2D eigenvalue weighted by Crippen LogP contribution is -2.27. The maximum absolute atomic E-state index is 12.4. The highest BCUT2D eigenvalue weighted by Crippen LogP contribution is 2.23. The van der Waals surface area contributed by atoms with Gasteiger partial charge in [0.2, 0.25) is 5.91 Å². The molecule has 0 aliphatic heterocycles. The summed E-state index contributed by atoms with van der Waals surface area (Å²) in [5.41, 5.74) is 1.02. The van der Waals surface area contributed by atoms with Crippen molar-refractivity contribution < 1.29 is 13.9 Å². The van der Waals surface area contributed by atoms with Crippen molar-refractivity contribution in [2.45, 2.75) is 11.7 Å². The van der Waals surface area contributed by atoms with Gasteiger partial charge in [0.05, 0.1) is 19.1 Å². The fourth-order valence-electron chi connectivity index (χ4n) is 2.43. The molecular weight excluding hydrogens is 352 g/mol. The third-order valence-electron chi connectivity index (χ3n) is 3.88. The van der Waals surface area contributed by atoms with E-state index < -0.39 is 0 Å². The molecule has 0 bridgehead atoms. The van der Waals surface area contributed by atoms with Gasteiger partial charge in [-0.15, -0.1) is 10.2 Å². The summed E-state index contributed by atoms with van der Waals surface area (Å²) < 4.78 is 12.4. The van der Waals surface area contributed by atoms with Crippen LogP contribution < -0.4 is 4.74 Å². The van der Waals surface area contributed by atoms with Gasteiger partial charge in [-0.25, -0.2) is 0 Å². The Hall–Kier alpha value is -2.74. The van der Waals surface area contributed by atoms with Crippen molar-refractivity contribution >= 4 is 17.7 Å². The number of carbonyl (C=O) groups is 1. The van der Waals surface area contributed by atoms with Crippen LogP contribution >= 0.6 is 11.8 Å². The predicted octanol–water partition coefficient (Wildman–Crippen LogP) is 2.83. The van der Waals surface area contributed by atoms with Gasteiger partial charge in [0.15, 0.2) is 16.7 Å². The first-order chi connectivity index (χ1) is 12.6. The predicted molar refractivity (Wildman–Crippen MR) is 98.9 cm³/mol. The maximum atomic E-state index is 12.4. The topological polar surface area (TPSA) is 73.4 Å². The summed E-state index contributed by atoms with van der Waals surface area (Å²) in [7, 11) is 5.26. The molecule has 3 rings (SSSR count). The first-order valence-electron chi connectivity index (χ1n) is 8.01. The normalized spacial score (nSPS) is 10.7. The van der Waals surface area contributed by atoms with Gasteiger partial charge in [0.1, 0.15) is 5.75 Å². The lowest BCUT2D eigenvalue weighted by atomic mass is 10.2. The number of hydrogen-bond acceptors (Lipinski definition) is 6. The average Bonchev–Trinajstić information content (AvgIpc) is 3.29. The molecule has 0 atom stereocenters. The van der Waals surface area contributed by atoms with Gasteiger partial charge in [0.25, 0.3) is 0 Å². The highest BCUT2D eigenvalue weighted by molar-refractivity contribution is 7.99. The van der Waals surface area contributed by atoms with Crippen molar-refractivity contribution in [3.63, 3.8) is 0 Å². The first kappa shape index (κ1) is 18.1. The van der Waals surface area contributed by atoms with Crippen molar-refractivity contribution in [2.75, 3.05) is 19.9 Å². The molecule has 0 fully saturated rings. The maximum Gasteiger partial charge on any atom is 0.233 e. The fraction of sp³-hybridized carbons (Fsp3) is 0.278. The van der Waals surface area contributed by atoms with Crippen molar-refractivity contribution in [3.05, 3.63) is 48.2 Å². The Morgan fingerprint density at radius 3 is 2.88 bits per heavy atom. The molecule has 2 aromatic heterocycles. The fourth-order valence-corrected chi connectivity index (χ4v) is 3.28. The zero-order valence-corrected chi connectivity index (χ0v) is 15.7. The third-order valence-corrected chi connectivity index (χ3v) is 4.89. The molecule has 7 nitrogen and oxygen atoms in total. The Morgan fingerprint density at radius 1 is 1.31 bits per heavy atom. The highest BCUT2D eigenvalue weighted by Gasteiger charge is 2.16. The summed E-state index contributed by atoms with van der Waals surface area (Å²) in [5, 5.41) is 8.93. The van der Waals surface area contributed by atoms with E-state index in [0.29, 0.717) is 23.3 Å². The number of hydrogen-bond donors (Lipinski definition) is 0. The van der Waals surface area contributed by atoms with E-state index in [9.17, 15) is 4.79 Å². The Balaban J connectivity index is 1.58. The SMILES string of the molecule is COc1cccc(CN(C)C(=O)CSc2nnc(-c3ccco3)n2C)c1. The minimum atomic E-state index is 0.0142. The summed E-state index contributed by atoms with van der Waals surface area (Å²) in [6.07, 6.45) is 1.59. The lowest BCUT2D eigenvalue weighted by molar-refractivity contribution is -0.127. The van der Waals surface area contributed by atoms with Gasteiger partial charge in [-0.3, -0.25) is 4.79 Å². The second kappa shape index (κ2) is 8.09. The number of benzene rings is 1. The molecule has 0 saturated carbocycles. The third kappa shape index (κ3) is 4.08. The van der Waals surface area contributed by atoms with Crippen molar-refractivity contribution in [1.82, 2.24) is 19.7 Å². The van der Waals surface area contributed by atoms with Crippen LogP contribution in [0.4, 0.5) is 0 Å². The Kier molecular flexibility index (Phi) is 5.62. The van der Waals surface area contributed by atoms with Gasteiger partial charge in [-0.2, -0.15) is 0 Å². The molecule has 26 heavy (non-hydrogen) atoms. The number of rotatable bonds is 7. The summed E-state index contributed by atoms with van der Waals surface area (Å²) in [6, 6.07) is 11.3. The van der Waals surface area contributed by atoms with Crippen molar-refractivity contribution in [1.29, 1.82) is 0 Å². The van der Waals surface area contributed by atoms with Gasteiger partial charge in [0, 0.05) is 20.6 Å².